The van der Waals surface area contributed by atoms with Crippen molar-refractivity contribution in [1.82, 2.24) is 0 Å². The van der Waals surface area contributed by atoms with Crippen molar-refractivity contribution < 1.29 is 35.8 Å². The van der Waals surface area contributed by atoms with E-state index in [9.17, 15) is 26.3 Å². The van der Waals surface area contributed by atoms with E-state index in [1.54, 1.807) is 0 Å². The number of halogens is 8. The van der Waals surface area contributed by atoms with E-state index in [1.165, 1.54) is 24.3 Å². The van der Waals surface area contributed by atoms with Crippen LogP contribution in [0.1, 0.15) is 23.2 Å². The van der Waals surface area contributed by atoms with Crippen LogP contribution in [0.15, 0.2) is 45.3 Å². The highest BCUT2D eigenvalue weighted by molar-refractivity contribution is 9.10. The van der Waals surface area contributed by atoms with Gasteiger partial charge in [0.25, 0.3) is 0 Å². The molecule has 2 aromatic rings. The minimum atomic E-state index is -5.00. The van der Waals surface area contributed by atoms with Crippen molar-refractivity contribution in [1.29, 1.82) is 0 Å². The highest BCUT2D eigenvalue weighted by Gasteiger charge is 2.36. The fourth-order valence-electron chi connectivity index (χ4n) is 2.38. The lowest BCUT2D eigenvalue weighted by Crippen LogP contribution is -2.29. The predicted octanol–water partition coefficient (Wildman–Crippen LogP) is 5.71. The van der Waals surface area contributed by atoms with Crippen molar-refractivity contribution in [3.05, 3.63) is 56.5 Å². The lowest BCUT2D eigenvalue weighted by molar-refractivity contribution is -0.276. The van der Waals surface area contributed by atoms with Crippen molar-refractivity contribution >= 4 is 31.9 Å². The van der Waals surface area contributed by atoms with E-state index in [2.05, 4.69) is 41.3 Å². The first-order chi connectivity index (χ1) is 12.8. The molecule has 0 aliphatic rings. The Balaban J connectivity index is 2.44. The van der Waals surface area contributed by atoms with Crippen molar-refractivity contribution in [2.75, 3.05) is 0 Å². The van der Waals surface area contributed by atoms with Crippen LogP contribution < -0.4 is 20.9 Å². The molecule has 0 radical (unpaired) electrons. The molecular formula is C16H12Br2F6N2O2. The summed E-state index contributed by atoms with van der Waals surface area (Å²) in [5.74, 6) is -1.25. The van der Waals surface area contributed by atoms with Gasteiger partial charge in [-0.05, 0) is 24.3 Å². The zero-order chi connectivity index (χ0) is 21.3. The predicted molar refractivity (Wildman–Crippen MR) is 95.5 cm³/mol. The normalized spacial score (nSPS) is 14.5. The van der Waals surface area contributed by atoms with E-state index in [0.29, 0.717) is 0 Å². The summed E-state index contributed by atoms with van der Waals surface area (Å²) in [5.41, 5.74) is 11.7. The Bertz CT molecular complexity index is 775. The molecule has 0 aliphatic carbocycles. The van der Waals surface area contributed by atoms with Gasteiger partial charge in [0, 0.05) is 20.1 Å². The van der Waals surface area contributed by atoms with Crippen LogP contribution in [0.2, 0.25) is 0 Å². The fourth-order valence-corrected chi connectivity index (χ4v) is 3.06. The van der Waals surface area contributed by atoms with Gasteiger partial charge in [-0.15, -0.1) is 26.3 Å². The Morgan fingerprint density at radius 3 is 1.29 bits per heavy atom. The molecule has 0 bridgehead atoms. The molecule has 0 aliphatic heterocycles. The Labute approximate surface area is 172 Å². The van der Waals surface area contributed by atoms with Crippen LogP contribution in [0.3, 0.4) is 0 Å². The first-order valence-electron chi connectivity index (χ1n) is 7.38. The number of rotatable bonds is 5. The maximum atomic E-state index is 12.7. The molecule has 12 heteroatoms. The van der Waals surface area contributed by atoms with Gasteiger partial charge in [-0.25, -0.2) is 0 Å². The van der Waals surface area contributed by atoms with Crippen LogP contribution in [0.4, 0.5) is 26.3 Å². The minimum absolute atomic E-state index is 0.145. The number of alkyl halides is 6. The van der Waals surface area contributed by atoms with Crippen LogP contribution in [0.5, 0.6) is 11.5 Å². The quantitative estimate of drug-likeness (QED) is 0.479. The summed E-state index contributed by atoms with van der Waals surface area (Å²) >= 11 is 6.04. The zero-order valence-electron chi connectivity index (χ0n) is 13.6. The zero-order valence-corrected chi connectivity index (χ0v) is 16.8. The summed E-state index contributed by atoms with van der Waals surface area (Å²) in [6.07, 6.45) is -10.00. The summed E-state index contributed by atoms with van der Waals surface area (Å²) in [6, 6.07) is 4.68. The smallest absolute Gasteiger partial charge is 0.405 e. The highest BCUT2D eigenvalue weighted by atomic mass is 79.9. The Kier molecular flexibility index (Phi) is 6.90. The lowest BCUT2D eigenvalue weighted by Gasteiger charge is -2.25. The standard InChI is InChI=1S/C16H12Br2F6N2O2/c17-7-1-3-9(11(5-7)27-15(19,20)21)13(25)14(26)10-4-2-8(18)6-12(10)28-16(22,23)24/h1-6,13-14H,25-26H2. The van der Waals surface area contributed by atoms with E-state index < -0.39 is 36.3 Å². The molecular weight excluding hydrogens is 526 g/mol. The molecule has 4 nitrogen and oxygen atoms in total. The molecule has 0 heterocycles. The Hall–Kier alpha value is -1.50. The van der Waals surface area contributed by atoms with Gasteiger partial charge in [-0.3, -0.25) is 0 Å². The number of ether oxygens (including phenoxy) is 2. The van der Waals surface area contributed by atoms with E-state index in [0.717, 1.165) is 12.1 Å². The van der Waals surface area contributed by atoms with Gasteiger partial charge in [0.15, 0.2) is 0 Å². The molecule has 4 N–H and O–H groups in total. The van der Waals surface area contributed by atoms with Crippen molar-refractivity contribution in [2.24, 2.45) is 11.5 Å². The summed E-state index contributed by atoms with van der Waals surface area (Å²) in [4.78, 5) is 0. The number of nitrogens with two attached hydrogens (primary N) is 2. The third kappa shape index (κ3) is 6.26. The van der Waals surface area contributed by atoms with Gasteiger partial charge in [0.05, 0.1) is 12.1 Å². The first kappa shape index (κ1) is 22.8. The molecule has 0 spiro atoms. The molecule has 2 atom stereocenters. The molecule has 0 amide bonds. The molecule has 0 saturated heterocycles. The molecule has 28 heavy (non-hydrogen) atoms. The molecule has 2 unspecified atom stereocenters. The van der Waals surface area contributed by atoms with Gasteiger partial charge in [-0.2, -0.15) is 0 Å². The second-order valence-electron chi connectivity index (χ2n) is 5.51. The SMILES string of the molecule is NC(c1ccc(Br)cc1OC(F)(F)F)C(N)c1ccc(Br)cc1OC(F)(F)F. The maximum Gasteiger partial charge on any atom is 0.573 e. The second kappa shape index (κ2) is 8.47. The minimum Gasteiger partial charge on any atom is -0.405 e. The largest absolute Gasteiger partial charge is 0.573 e. The van der Waals surface area contributed by atoms with E-state index >= 15 is 0 Å². The van der Waals surface area contributed by atoms with Crippen LogP contribution in [-0.2, 0) is 0 Å². The third-order valence-corrected chi connectivity index (χ3v) is 4.49. The molecule has 0 aromatic heterocycles. The van der Waals surface area contributed by atoms with Gasteiger partial charge in [-0.1, -0.05) is 44.0 Å². The summed E-state index contributed by atoms with van der Waals surface area (Å²) in [7, 11) is 0. The Morgan fingerprint density at radius 2 is 1.00 bits per heavy atom. The van der Waals surface area contributed by atoms with Crippen molar-refractivity contribution in [3.63, 3.8) is 0 Å². The summed E-state index contributed by atoms with van der Waals surface area (Å²) in [5, 5.41) is 0. The molecule has 0 saturated carbocycles. The number of hydrogen-bond donors (Lipinski definition) is 2. The van der Waals surface area contributed by atoms with Crippen molar-refractivity contribution in [2.45, 2.75) is 24.8 Å². The maximum absolute atomic E-state index is 12.7. The number of hydrogen-bond acceptors (Lipinski definition) is 4. The van der Waals surface area contributed by atoms with Crippen LogP contribution in [0.25, 0.3) is 0 Å². The first-order valence-corrected chi connectivity index (χ1v) is 8.97. The highest BCUT2D eigenvalue weighted by Crippen LogP contribution is 2.40. The van der Waals surface area contributed by atoms with E-state index in [1.807, 2.05) is 0 Å². The molecule has 2 rings (SSSR count). The second-order valence-corrected chi connectivity index (χ2v) is 7.34. The van der Waals surface area contributed by atoms with E-state index in [-0.39, 0.29) is 20.1 Å². The van der Waals surface area contributed by atoms with Crippen LogP contribution >= 0.6 is 31.9 Å². The van der Waals surface area contributed by atoms with Gasteiger partial charge in [0.1, 0.15) is 11.5 Å². The van der Waals surface area contributed by atoms with Crippen LogP contribution in [-0.4, -0.2) is 12.7 Å². The van der Waals surface area contributed by atoms with Gasteiger partial charge < -0.3 is 20.9 Å². The van der Waals surface area contributed by atoms with E-state index in [4.69, 9.17) is 11.5 Å². The average molecular weight is 538 g/mol. The lowest BCUT2D eigenvalue weighted by atomic mass is 9.93. The monoisotopic (exact) mass is 536 g/mol. The number of benzene rings is 2. The molecule has 0 fully saturated rings. The van der Waals surface area contributed by atoms with Crippen molar-refractivity contribution in [3.8, 4) is 11.5 Å². The van der Waals surface area contributed by atoms with Gasteiger partial charge in [0.2, 0.25) is 0 Å². The third-order valence-electron chi connectivity index (χ3n) is 3.51. The van der Waals surface area contributed by atoms with Gasteiger partial charge >= 0.3 is 12.7 Å². The Morgan fingerprint density at radius 1 is 0.679 bits per heavy atom. The fraction of sp³-hybridized carbons (Fsp3) is 0.250. The summed E-state index contributed by atoms with van der Waals surface area (Å²) < 4.78 is 84.5. The summed E-state index contributed by atoms with van der Waals surface area (Å²) in [6.45, 7) is 0. The molecule has 2 aromatic carbocycles. The van der Waals surface area contributed by atoms with Crippen LogP contribution in [0, 0.1) is 0 Å². The topological polar surface area (TPSA) is 70.5 Å². The molecule has 154 valence electrons. The average Bonchev–Trinajstić information content (AvgIpc) is 2.51.